The molecule has 29 heteroatoms. The normalized spacial score (nSPS) is 15.1. The van der Waals surface area contributed by atoms with Gasteiger partial charge in [-0.2, -0.15) is 114 Å². The molecule has 0 bridgehead atoms. The molecule has 0 N–H and O–H groups in total. The van der Waals surface area contributed by atoms with Crippen molar-refractivity contribution in [2.75, 3.05) is 0 Å². The molecule has 3 aromatic carbocycles. The Bertz CT molecular complexity index is 1790. The largest absolute Gasteiger partial charge is 0.460 e. The van der Waals surface area contributed by atoms with Gasteiger partial charge in [0.1, 0.15) is 11.5 Å². The summed E-state index contributed by atoms with van der Waals surface area (Å²) in [5.74, 6) is -79.2. The second-order valence-electron chi connectivity index (χ2n) is 11.6. The minimum atomic E-state index is -8.19. The smallest absolute Gasteiger partial charge is 0.435 e. The van der Waals surface area contributed by atoms with Gasteiger partial charge in [0.2, 0.25) is 0 Å². The van der Waals surface area contributed by atoms with E-state index < -0.39 is 103 Å². The van der Waals surface area contributed by atoms with Crippen LogP contribution in [0.15, 0.2) is 78.9 Å². The topological polar surface area (TPSA) is 18.5 Å². The zero-order valence-corrected chi connectivity index (χ0v) is 28.0. The first-order chi connectivity index (χ1) is 26.1. The second kappa shape index (κ2) is 14.8. The van der Waals surface area contributed by atoms with Crippen LogP contribution in [0.1, 0.15) is 11.1 Å². The van der Waals surface area contributed by atoms with Crippen molar-refractivity contribution >= 4 is 13.7 Å². The van der Waals surface area contributed by atoms with Crippen molar-refractivity contribution in [3.05, 3.63) is 90.0 Å². The summed E-state index contributed by atoms with van der Waals surface area (Å²) in [5.41, 5.74) is -4.88. The minimum Gasteiger partial charge on any atom is -0.435 e. The highest BCUT2D eigenvalue weighted by Gasteiger charge is 2.92. The van der Waals surface area contributed by atoms with E-state index in [0.717, 1.165) is 12.1 Å². The molecule has 0 spiro atoms. The van der Waals surface area contributed by atoms with Crippen molar-refractivity contribution < 1.29 is 123 Å². The highest BCUT2D eigenvalue weighted by molar-refractivity contribution is 7.56. The van der Waals surface area contributed by atoms with Gasteiger partial charge in [-0.25, -0.2) is 0 Å². The van der Waals surface area contributed by atoms with Crippen molar-refractivity contribution in [1.29, 1.82) is 0 Å². The molecule has 3 aromatic rings. The molecule has 332 valence electrons. The molecule has 59 heavy (non-hydrogen) atoms. The predicted molar refractivity (Wildman–Crippen MR) is 147 cm³/mol. The van der Waals surface area contributed by atoms with E-state index in [4.69, 9.17) is 9.05 Å². The van der Waals surface area contributed by atoms with Gasteiger partial charge in [-0.3, -0.25) is 0 Å². The molecular weight excluding hydrogens is 917 g/mol. The summed E-state index contributed by atoms with van der Waals surface area (Å²) >= 11 is 0. The molecule has 0 unspecified atom stereocenters. The molecule has 0 amide bonds. The zero-order valence-electron chi connectivity index (χ0n) is 27.1. The Morgan fingerprint density at radius 2 is 0.542 bits per heavy atom. The Balaban J connectivity index is 1.95. The van der Waals surface area contributed by atoms with Crippen LogP contribution in [-0.2, 0) is 11.8 Å². The lowest BCUT2D eigenvalue weighted by molar-refractivity contribution is -0.441. The van der Waals surface area contributed by atoms with Crippen molar-refractivity contribution in [3.63, 3.8) is 0 Å². The van der Waals surface area contributed by atoms with Crippen LogP contribution in [0.4, 0.5) is 114 Å². The fourth-order valence-corrected chi connectivity index (χ4v) is 5.51. The van der Waals surface area contributed by atoms with Crippen LogP contribution in [0.2, 0.25) is 0 Å². The lowest BCUT2D eigenvalue weighted by atomic mass is 9.90. The standard InChI is InChI=1S/C30H13F26O2P/c31-19(32,21(35,36)23(39,40)25(43,44)27(47,48)29(51,52)53)14-6-10-16(11-7-14)57-59(18-4-2-1-3-5-18)58-17-12-8-15(9-13-17)20(33,34)22(37,38)24(41,42)26(45,46)28(49,50)30(54,55)56/h1-13H. The van der Waals surface area contributed by atoms with E-state index in [1.54, 1.807) is 0 Å². The Labute approximate surface area is 310 Å². The Hall–Kier alpha value is -4.13. The van der Waals surface area contributed by atoms with Crippen LogP contribution < -0.4 is 14.4 Å². The van der Waals surface area contributed by atoms with Gasteiger partial charge < -0.3 is 9.05 Å². The third kappa shape index (κ3) is 7.63. The molecule has 0 aliphatic rings. The summed E-state index contributed by atoms with van der Waals surface area (Å²) < 4.78 is 363. The average molecular weight is 930 g/mol. The van der Waals surface area contributed by atoms with E-state index in [2.05, 4.69) is 0 Å². The maximum Gasteiger partial charge on any atom is 0.460 e. The van der Waals surface area contributed by atoms with Gasteiger partial charge in [0.05, 0.1) is 5.30 Å². The van der Waals surface area contributed by atoms with Crippen molar-refractivity contribution in [2.24, 2.45) is 0 Å². The molecule has 0 atom stereocenters. The first-order valence-electron chi connectivity index (χ1n) is 14.5. The van der Waals surface area contributed by atoms with Gasteiger partial charge in [0, 0.05) is 11.1 Å². The third-order valence-corrected chi connectivity index (χ3v) is 9.12. The van der Waals surface area contributed by atoms with E-state index in [-0.39, 0.29) is 53.8 Å². The Kier molecular flexibility index (Phi) is 12.3. The van der Waals surface area contributed by atoms with Gasteiger partial charge in [0.25, 0.3) is 0 Å². The minimum absolute atomic E-state index is 0.131. The highest BCUT2D eigenvalue weighted by Crippen LogP contribution is 2.64. The number of benzene rings is 3. The first kappa shape index (κ1) is 49.2. The molecule has 0 heterocycles. The molecule has 0 aromatic heterocycles. The monoisotopic (exact) mass is 930 g/mol. The van der Waals surface area contributed by atoms with Gasteiger partial charge in [-0.05, 0) is 60.7 Å². The average Bonchev–Trinajstić information content (AvgIpc) is 3.10. The van der Waals surface area contributed by atoms with Crippen LogP contribution in [0.25, 0.3) is 0 Å². The lowest BCUT2D eigenvalue weighted by Crippen LogP contribution is -2.69. The van der Waals surface area contributed by atoms with Gasteiger partial charge >= 0.3 is 80.0 Å². The summed E-state index contributed by atoms with van der Waals surface area (Å²) in [4.78, 5) is 0. The van der Waals surface area contributed by atoms with Crippen LogP contribution in [-0.4, -0.2) is 59.7 Å². The summed E-state index contributed by atoms with van der Waals surface area (Å²) in [6.45, 7) is 0. The number of rotatable bonds is 15. The molecule has 2 nitrogen and oxygen atoms in total. The summed E-state index contributed by atoms with van der Waals surface area (Å²) in [5, 5.41) is -0.190. The van der Waals surface area contributed by atoms with Crippen molar-refractivity contribution in [2.45, 2.75) is 71.6 Å². The quantitative estimate of drug-likeness (QED) is 0.112. The summed E-state index contributed by atoms with van der Waals surface area (Å²) in [6, 6.07) is 5.06. The Morgan fingerprint density at radius 3 is 0.797 bits per heavy atom. The Morgan fingerprint density at radius 1 is 0.288 bits per heavy atom. The summed E-state index contributed by atoms with van der Waals surface area (Å²) in [7, 11) is -2.93. The van der Waals surface area contributed by atoms with E-state index in [1.165, 1.54) is 18.2 Å². The molecule has 0 fully saturated rings. The second-order valence-corrected chi connectivity index (χ2v) is 13.0. The van der Waals surface area contributed by atoms with E-state index in [0.29, 0.717) is 0 Å². The predicted octanol–water partition coefficient (Wildman–Crippen LogP) is 13.2. The fourth-order valence-electron chi connectivity index (χ4n) is 4.22. The van der Waals surface area contributed by atoms with Crippen LogP contribution in [0, 0.1) is 0 Å². The van der Waals surface area contributed by atoms with Crippen molar-refractivity contribution in [1.82, 2.24) is 0 Å². The molecule has 0 aliphatic carbocycles. The zero-order chi connectivity index (χ0) is 46.1. The fraction of sp³-hybridized carbons (Fsp3) is 0.400. The SMILES string of the molecule is FC(F)(F)C(F)(F)C(F)(F)C(F)(F)C(F)(F)C(F)(F)c1ccc(OP(Oc2ccc(C(F)(F)C(F)(F)C(F)(F)C(F)(F)C(F)(F)C(F)(F)F)cc2)c2ccccc2)cc1. The molecular formula is C30H13F26O2P. The number of halogens is 26. The molecule has 0 saturated carbocycles. The first-order valence-corrected chi connectivity index (χ1v) is 15.6. The number of hydrogen-bond acceptors (Lipinski definition) is 2. The highest BCUT2D eigenvalue weighted by atomic mass is 31.2. The van der Waals surface area contributed by atoms with E-state index >= 15 is 0 Å². The van der Waals surface area contributed by atoms with Gasteiger partial charge in [-0.1, -0.05) is 18.2 Å². The number of hydrogen-bond donors (Lipinski definition) is 0. The van der Waals surface area contributed by atoms with Crippen LogP contribution >= 0.6 is 8.38 Å². The van der Waals surface area contributed by atoms with Gasteiger partial charge in [-0.15, -0.1) is 0 Å². The van der Waals surface area contributed by atoms with E-state index in [9.17, 15) is 114 Å². The number of alkyl halides is 26. The third-order valence-electron chi connectivity index (χ3n) is 7.64. The van der Waals surface area contributed by atoms with Crippen molar-refractivity contribution in [3.8, 4) is 11.5 Å². The van der Waals surface area contributed by atoms with Crippen LogP contribution in [0.5, 0.6) is 11.5 Å². The maximum atomic E-state index is 14.6. The lowest BCUT2D eigenvalue weighted by Gasteiger charge is -2.39. The molecule has 0 aliphatic heterocycles. The maximum absolute atomic E-state index is 14.6. The molecule has 0 saturated heterocycles. The van der Waals surface area contributed by atoms with Crippen LogP contribution in [0.3, 0.4) is 0 Å². The van der Waals surface area contributed by atoms with E-state index in [1.807, 2.05) is 0 Å². The molecule has 3 rings (SSSR count). The summed E-state index contributed by atoms with van der Waals surface area (Å²) in [6.07, 6.45) is -15.3. The van der Waals surface area contributed by atoms with Gasteiger partial charge in [0.15, 0.2) is 0 Å². The molecule has 0 radical (unpaired) electrons.